The van der Waals surface area contributed by atoms with E-state index in [0.29, 0.717) is 6.61 Å². The van der Waals surface area contributed by atoms with Crippen LogP contribution in [0.2, 0.25) is 0 Å². The van der Waals surface area contributed by atoms with Gasteiger partial charge >= 0.3 is 0 Å². The first-order chi connectivity index (χ1) is 5.48. The largest absolute Gasteiger partial charge is 0.375 e. The second-order valence-corrected chi connectivity index (χ2v) is 2.85. The van der Waals surface area contributed by atoms with Crippen LogP contribution in [-0.2, 0) is 9.47 Å². The van der Waals surface area contributed by atoms with Crippen LogP contribution < -0.4 is 0 Å². The molecule has 0 N–H and O–H groups in total. The molecule has 0 fully saturated rings. The molecule has 0 saturated carbocycles. The Labute approximate surface area is 71.9 Å². The number of hydrogen-bond acceptors (Lipinski definition) is 2. The average molecular weight is 182 g/mol. The van der Waals surface area contributed by atoms with Crippen LogP contribution in [0.1, 0.15) is 20.8 Å². The highest BCUT2D eigenvalue weighted by molar-refractivity contribution is 4.64. The number of hydrogen-bond donors (Lipinski definition) is 0. The highest BCUT2D eigenvalue weighted by Gasteiger charge is 2.29. The van der Waals surface area contributed by atoms with Crippen LogP contribution in [0.4, 0.5) is 8.78 Å². The van der Waals surface area contributed by atoms with Crippen molar-refractivity contribution in [3.63, 3.8) is 0 Å². The summed E-state index contributed by atoms with van der Waals surface area (Å²) in [5, 5.41) is 0. The van der Waals surface area contributed by atoms with E-state index in [0.717, 1.165) is 0 Å². The van der Waals surface area contributed by atoms with Crippen LogP contribution in [-0.4, -0.2) is 31.8 Å². The lowest BCUT2D eigenvalue weighted by molar-refractivity contribution is -0.131. The van der Waals surface area contributed by atoms with Crippen molar-refractivity contribution >= 4 is 0 Å². The van der Waals surface area contributed by atoms with E-state index in [2.05, 4.69) is 4.74 Å². The standard InChI is InChI=1S/C8H16F2O2/c1-4-11-5-8(9,10)6-12-7(2)3/h7H,4-6H2,1-3H3. The molecule has 0 aliphatic rings. The minimum absolute atomic E-state index is 0.169. The number of halogens is 2. The van der Waals surface area contributed by atoms with Gasteiger partial charge in [-0.15, -0.1) is 0 Å². The van der Waals surface area contributed by atoms with Crippen molar-refractivity contribution in [2.24, 2.45) is 0 Å². The molecular formula is C8H16F2O2. The predicted molar refractivity (Wildman–Crippen MR) is 42.5 cm³/mol. The Balaban J connectivity index is 3.56. The van der Waals surface area contributed by atoms with E-state index in [-0.39, 0.29) is 6.10 Å². The van der Waals surface area contributed by atoms with Gasteiger partial charge in [-0.25, -0.2) is 8.78 Å². The van der Waals surface area contributed by atoms with E-state index in [9.17, 15) is 8.78 Å². The topological polar surface area (TPSA) is 18.5 Å². The molecule has 0 spiro atoms. The Morgan fingerprint density at radius 2 is 1.83 bits per heavy atom. The van der Waals surface area contributed by atoms with Crippen LogP contribution in [0.3, 0.4) is 0 Å². The zero-order valence-electron chi connectivity index (χ0n) is 7.77. The highest BCUT2D eigenvalue weighted by atomic mass is 19.3. The minimum Gasteiger partial charge on any atom is -0.375 e. The number of alkyl halides is 2. The molecule has 12 heavy (non-hydrogen) atoms. The van der Waals surface area contributed by atoms with Crippen molar-refractivity contribution in [1.29, 1.82) is 0 Å². The summed E-state index contributed by atoms with van der Waals surface area (Å²) < 4.78 is 34.8. The Kier molecular flexibility index (Phi) is 5.33. The summed E-state index contributed by atoms with van der Waals surface area (Å²) in [6, 6.07) is 0. The van der Waals surface area contributed by atoms with E-state index < -0.39 is 19.1 Å². The Hall–Kier alpha value is -0.220. The molecule has 74 valence electrons. The van der Waals surface area contributed by atoms with Crippen molar-refractivity contribution in [3.8, 4) is 0 Å². The van der Waals surface area contributed by atoms with Gasteiger partial charge < -0.3 is 9.47 Å². The third kappa shape index (κ3) is 6.49. The summed E-state index contributed by atoms with van der Waals surface area (Å²) in [5.41, 5.74) is 0. The smallest absolute Gasteiger partial charge is 0.293 e. The van der Waals surface area contributed by atoms with Crippen LogP contribution in [0.25, 0.3) is 0 Å². The quantitative estimate of drug-likeness (QED) is 0.626. The molecule has 0 aromatic rings. The summed E-state index contributed by atoms with van der Waals surface area (Å²) in [6.45, 7) is 4.30. The Bertz CT molecular complexity index is 116. The van der Waals surface area contributed by atoms with Gasteiger partial charge in [0.1, 0.15) is 13.2 Å². The zero-order valence-corrected chi connectivity index (χ0v) is 7.77. The molecule has 0 rings (SSSR count). The fourth-order valence-electron chi connectivity index (χ4n) is 0.582. The van der Waals surface area contributed by atoms with Crippen LogP contribution in [0.15, 0.2) is 0 Å². The highest BCUT2D eigenvalue weighted by Crippen LogP contribution is 2.14. The van der Waals surface area contributed by atoms with Crippen LogP contribution in [0, 0.1) is 0 Å². The van der Waals surface area contributed by atoms with Gasteiger partial charge in [0.15, 0.2) is 0 Å². The minimum atomic E-state index is -2.86. The number of rotatable bonds is 6. The molecule has 0 aromatic heterocycles. The molecule has 0 unspecified atom stereocenters. The van der Waals surface area contributed by atoms with Gasteiger partial charge in [-0.2, -0.15) is 0 Å². The Morgan fingerprint density at radius 1 is 1.25 bits per heavy atom. The molecule has 0 radical (unpaired) electrons. The Morgan fingerprint density at radius 3 is 2.25 bits per heavy atom. The van der Waals surface area contributed by atoms with Crippen molar-refractivity contribution < 1.29 is 18.3 Å². The van der Waals surface area contributed by atoms with Gasteiger partial charge in [-0.1, -0.05) is 0 Å². The summed E-state index contributed by atoms with van der Waals surface area (Å²) in [5.74, 6) is -2.86. The molecule has 2 nitrogen and oxygen atoms in total. The molecule has 0 saturated heterocycles. The molecule has 0 heterocycles. The second kappa shape index (κ2) is 5.43. The maximum absolute atomic E-state index is 12.7. The van der Waals surface area contributed by atoms with Gasteiger partial charge in [0, 0.05) is 6.61 Å². The predicted octanol–water partition coefficient (Wildman–Crippen LogP) is 2.08. The third-order valence-corrected chi connectivity index (χ3v) is 1.15. The van der Waals surface area contributed by atoms with E-state index >= 15 is 0 Å². The molecule has 0 bridgehead atoms. The van der Waals surface area contributed by atoms with Crippen molar-refractivity contribution in [2.75, 3.05) is 19.8 Å². The van der Waals surface area contributed by atoms with Crippen molar-refractivity contribution in [1.82, 2.24) is 0 Å². The fraction of sp³-hybridized carbons (Fsp3) is 1.00. The summed E-state index contributed by atoms with van der Waals surface area (Å²) in [4.78, 5) is 0. The first-order valence-electron chi connectivity index (χ1n) is 4.05. The van der Waals surface area contributed by atoms with Gasteiger partial charge in [0.2, 0.25) is 0 Å². The lowest BCUT2D eigenvalue weighted by Crippen LogP contribution is -2.31. The van der Waals surface area contributed by atoms with E-state index in [1.165, 1.54) is 0 Å². The molecule has 0 aliphatic carbocycles. The molecule has 0 aromatic carbocycles. The van der Waals surface area contributed by atoms with Crippen LogP contribution in [0.5, 0.6) is 0 Å². The van der Waals surface area contributed by atoms with Crippen LogP contribution >= 0.6 is 0 Å². The second-order valence-electron chi connectivity index (χ2n) is 2.85. The summed E-state index contributed by atoms with van der Waals surface area (Å²) in [7, 11) is 0. The first-order valence-corrected chi connectivity index (χ1v) is 4.05. The third-order valence-electron chi connectivity index (χ3n) is 1.15. The van der Waals surface area contributed by atoms with Gasteiger partial charge in [0.25, 0.3) is 5.92 Å². The first kappa shape index (κ1) is 11.8. The lowest BCUT2D eigenvalue weighted by Gasteiger charge is -2.17. The maximum atomic E-state index is 12.7. The lowest BCUT2D eigenvalue weighted by atomic mass is 10.4. The zero-order chi connectivity index (χ0) is 9.61. The van der Waals surface area contributed by atoms with Crippen molar-refractivity contribution in [2.45, 2.75) is 32.8 Å². The number of ether oxygens (including phenoxy) is 2. The summed E-state index contributed by atoms with van der Waals surface area (Å²) in [6.07, 6.45) is -0.169. The van der Waals surface area contributed by atoms with Gasteiger partial charge in [-0.05, 0) is 20.8 Å². The fourth-order valence-corrected chi connectivity index (χ4v) is 0.582. The molecular weight excluding hydrogens is 166 g/mol. The molecule has 0 amide bonds. The molecule has 0 atom stereocenters. The average Bonchev–Trinajstić information content (AvgIpc) is 1.98. The normalized spacial score (nSPS) is 12.5. The van der Waals surface area contributed by atoms with Gasteiger partial charge in [0.05, 0.1) is 6.10 Å². The SMILES string of the molecule is CCOCC(F)(F)COC(C)C. The van der Waals surface area contributed by atoms with Crippen molar-refractivity contribution in [3.05, 3.63) is 0 Å². The maximum Gasteiger partial charge on any atom is 0.293 e. The summed E-state index contributed by atoms with van der Waals surface area (Å²) >= 11 is 0. The van der Waals surface area contributed by atoms with E-state index in [4.69, 9.17) is 4.74 Å². The van der Waals surface area contributed by atoms with E-state index in [1.807, 2.05) is 0 Å². The molecule has 4 heteroatoms. The monoisotopic (exact) mass is 182 g/mol. The molecule has 0 aliphatic heterocycles. The van der Waals surface area contributed by atoms with E-state index in [1.54, 1.807) is 20.8 Å². The van der Waals surface area contributed by atoms with Gasteiger partial charge in [-0.3, -0.25) is 0 Å².